The molecule has 0 bridgehead atoms. The second-order valence-electron chi connectivity index (χ2n) is 4.56. The van der Waals surface area contributed by atoms with Gasteiger partial charge in [0.05, 0.1) is 6.61 Å². The van der Waals surface area contributed by atoms with Gasteiger partial charge in [0.2, 0.25) is 0 Å². The first-order chi connectivity index (χ1) is 5.78. The van der Waals surface area contributed by atoms with E-state index in [9.17, 15) is 4.79 Å². The topological polar surface area (TPSA) is 49.8 Å². The van der Waals surface area contributed by atoms with E-state index < -0.39 is 5.97 Å². The third-order valence-corrected chi connectivity index (χ3v) is 2.51. The Balaban J connectivity index is 2.85. The lowest BCUT2D eigenvalue weighted by Gasteiger charge is -2.24. The number of aliphatic carboxylic acids is 1. The first-order valence-electron chi connectivity index (χ1n) is 4.35. The van der Waals surface area contributed by atoms with E-state index in [0.29, 0.717) is 12.2 Å². The summed E-state index contributed by atoms with van der Waals surface area (Å²) in [5.41, 5.74) is -0.0356. The van der Waals surface area contributed by atoms with E-state index in [4.69, 9.17) is 9.84 Å². The number of epoxide rings is 1. The van der Waals surface area contributed by atoms with Crippen LogP contribution in [-0.2, 0) is 9.53 Å². The summed E-state index contributed by atoms with van der Waals surface area (Å²) in [6, 6.07) is 0. The second kappa shape index (κ2) is 2.84. The Morgan fingerprint density at radius 3 is 2.23 bits per heavy atom. The van der Waals surface area contributed by atoms with Gasteiger partial charge in [-0.25, -0.2) is 4.79 Å². The van der Waals surface area contributed by atoms with Crippen molar-refractivity contribution >= 4 is 5.97 Å². The van der Waals surface area contributed by atoms with Crippen LogP contribution in [-0.4, -0.2) is 23.3 Å². The van der Waals surface area contributed by atoms with Crippen molar-refractivity contribution in [1.82, 2.24) is 0 Å². The van der Waals surface area contributed by atoms with Crippen molar-refractivity contribution in [2.24, 2.45) is 5.41 Å². The molecule has 1 heterocycles. The fraction of sp³-hybridized carbons (Fsp3) is 0.700. The van der Waals surface area contributed by atoms with Gasteiger partial charge < -0.3 is 9.84 Å². The smallest absolute Gasteiger partial charge is 0.331 e. The summed E-state index contributed by atoms with van der Waals surface area (Å²) in [5.74, 6) is -0.876. The molecule has 0 aromatic heterocycles. The number of hydrogen-bond donors (Lipinski definition) is 1. The van der Waals surface area contributed by atoms with Crippen molar-refractivity contribution in [3.63, 3.8) is 0 Å². The second-order valence-corrected chi connectivity index (χ2v) is 4.56. The van der Waals surface area contributed by atoms with Crippen LogP contribution in [0.25, 0.3) is 0 Å². The maximum Gasteiger partial charge on any atom is 0.331 e. The lowest BCUT2D eigenvalue weighted by Crippen LogP contribution is -2.28. The number of carbonyl (C=O) groups is 1. The van der Waals surface area contributed by atoms with Crippen LogP contribution in [0, 0.1) is 5.41 Å². The van der Waals surface area contributed by atoms with E-state index in [2.05, 4.69) is 0 Å². The van der Waals surface area contributed by atoms with Crippen molar-refractivity contribution in [2.75, 3.05) is 6.61 Å². The molecule has 3 nitrogen and oxygen atoms in total. The van der Waals surface area contributed by atoms with E-state index in [-0.39, 0.29) is 11.0 Å². The normalized spacial score (nSPS) is 28.8. The molecule has 1 fully saturated rings. The molecule has 13 heavy (non-hydrogen) atoms. The first kappa shape index (κ1) is 10.3. The highest BCUT2D eigenvalue weighted by molar-refractivity contribution is 5.86. The quantitative estimate of drug-likeness (QED) is 0.526. The zero-order chi connectivity index (χ0) is 10.3. The summed E-state index contributed by atoms with van der Waals surface area (Å²) >= 11 is 0. The van der Waals surface area contributed by atoms with Gasteiger partial charge in [0, 0.05) is 5.57 Å². The van der Waals surface area contributed by atoms with Crippen molar-refractivity contribution < 1.29 is 14.6 Å². The minimum atomic E-state index is -0.876. The van der Waals surface area contributed by atoms with Gasteiger partial charge in [-0.15, -0.1) is 0 Å². The van der Waals surface area contributed by atoms with Crippen molar-refractivity contribution in [2.45, 2.75) is 33.3 Å². The number of carboxylic acid groups (broad SMARTS) is 1. The standard InChI is InChI=1S/C10H16O3/c1-7(8(11)12)5-10(6-13-10)9(2,3)4/h5H,6H2,1-4H3,(H,11,12). The molecule has 1 aliphatic heterocycles. The maximum absolute atomic E-state index is 10.6. The molecule has 0 radical (unpaired) electrons. The molecular weight excluding hydrogens is 168 g/mol. The first-order valence-corrected chi connectivity index (χ1v) is 4.35. The van der Waals surface area contributed by atoms with E-state index in [1.807, 2.05) is 20.8 Å². The lowest BCUT2D eigenvalue weighted by atomic mass is 9.80. The molecule has 1 rings (SSSR count). The largest absolute Gasteiger partial charge is 0.478 e. The minimum absolute atomic E-state index is 0.0380. The molecule has 1 atom stereocenters. The number of ether oxygens (including phenoxy) is 1. The minimum Gasteiger partial charge on any atom is -0.478 e. The lowest BCUT2D eigenvalue weighted by molar-refractivity contribution is -0.132. The molecule has 0 amide bonds. The van der Waals surface area contributed by atoms with Crippen LogP contribution in [0.3, 0.4) is 0 Å². The molecule has 0 saturated carbocycles. The van der Waals surface area contributed by atoms with Crippen LogP contribution in [0.15, 0.2) is 11.6 Å². The molecule has 0 aromatic rings. The molecule has 1 saturated heterocycles. The fourth-order valence-electron chi connectivity index (χ4n) is 1.22. The summed E-state index contributed by atoms with van der Waals surface area (Å²) in [4.78, 5) is 10.6. The van der Waals surface area contributed by atoms with Gasteiger partial charge in [0.25, 0.3) is 0 Å². The van der Waals surface area contributed by atoms with Gasteiger partial charge in [-0.1, -0.05) is 20.8 Å². The van der Waals surface area contributed by atoms with Gasteiger partial charge in [0.1, 0.15) is 5.60 Å². The molecule has 0 aliphatic carbocycles. The molecule has 1 unspecified atom stereocenters. The van der Waals surface area contributed by atoms with Crippen LogP contribution in [0.1, 0.15) is 27.7 Å². The number of rotatable bonds is 2. The third-order valence-electron chi connectivity index (χ3n) is 2.51. The molecule has 1 N–H and O–H groups in total. The molecule has 74 valence electrons. The van der Waals surface area contributed by atoms with E-state index in [1.165, 1.54) is 0 Å². The Hall–Kier alpha value is -0.830. The van der Waals surface area contributed by atoms with E-state index >= 15 is 0 Å². The fourth-order valence-corrected chi connectivity index (χ4v) is 1.22. The third kappa shape index (κ3) is 1.91. The summed E-state index contributed by atoms with van der Waals surface area (Å²) in [7, 11) is 0. The van der Waals surface area contributed by atoms with Crippen LogP contribution < -0.4 is 0 Å². The highest BCUT2D eigenvalue weighted by Crippen LogP contribution is 2.45. The Kier molecular flexibility index (Phi) is 2.24. The molecule has 0 spiro atoms. The average molecular weight is 184 g/mol. The number of carboxylic acids is 1. The molecular formula is C10H16O3. The predicted octanol–water partition coefficient (Wildman–Crippen LogP) is 1.83. The van der Waals surface area contributed by atoms with Crippen LogP contribution >= 0.6 is 0 Å². The molecule has 0 aromatic carbocycles. The Morgan fingerprint density at radius 1 is 1.54 bits per heavy atom. The summed E-state index contributed by atoms with van der Waals surface area (Å²) < 4.78 is 5.34. The predicted molar refractivity (Wildman–Crippen MR) is 49.5 cm³/mol. The highest BCUT2D eigenvalue weighted by atomic mass is 16.6. The van der Waals surface area contributed by atoms with Gasteiger partial charge in [-0.2, -0.15) is 0 Å². The molecule has 1 aliphatic rings. The Labute approximate surface area is 78.4 Å². The van der Waals surface area contributed by atoms with E-state index in [0.717, 1.165) is 0 Å². The zero-order valence-corrected chi connectivity index (χ0v) is 8.55. The van der Waals surface area contributed by atoms with E-state index in [1.54, 1.807) is 13.0 Å². The van der Waals surface area contributed by atoms with Crippen LogP contribution in [0.2, 0.25) is 0 Å². The Morgan fingerprint density at radius 2 is 2.00 bits per heavy atom. The maximum atomic E-state index is 10.6. The number of hydrogen-bond acceptors (Lipinski definition) is 2. The van der Waals surface area contributed by atoms with Gasteiger partial charge in [-0.3, -0.25) is 0 Å². The van der Waals surface area contributed by atoms with Crippen molar-refractivity contribution in [3.05, 3.63) is 11.6 Å². The Bertz CT molecular complexity index is 254. The average Bonchev–Trinajstić information content (AvgIpc) is 2.66. The summed E-state index contributed by atoms with van der Waals surface area (Å²) in [6.07, 6.45) is 1.72. The molecule has 3 heteroatoms. The van der Waals surface area contributed by atoms with Crippen LogP contribution in [0.4, 0.5) is 0 Å². The van der Waals surface area contributed by atoms with Gasteiger partial charge >= 0.3 is 5.97 Å². The van der Waals surface area contributed by atoms with Crippen molar-refractivity contribution in [3.8, 4) is 0 Å². The van der Waals surface area contributed by atoms with Gasteiger partial charge in [-0.05, 0) is 18.4 Å². The highest BCUT2D eigenvalue weighted by Gasteiger charge is 2.52. The van der Waals surface area contributed by atoms with Crippen molar-refractivity contribution in [1.29, 1.82) is 0 Å². The SMILES string of the molecule is CC(=CC1(C(C)(C)C)CO1)C(=O)O. The monoisotopic (exact) mass is 184 g/mol. The zero-order valence-electron chi connectivity index (χ0n) is 8.55. The summed E-state index contributed by atoms with van der Waals surface area (Å²) in [5, 5.41) is 8.71. The van der Waals surface area contributed by atoms with Crippen LogP contribution in [0.5, 0.6) is 0 Å². The van der Waals surface area contributed by atoms with Gasteiger partial charge in [0.15, 0.2) is 0 Å². The summed E-state index contributed by atoms with van der Waals surface area (Å²) in [6.45, 7) is 8.36.